The number of aliphatic carboxylic acids is 1. The minimum absolute atomic E-state index is 0.139. The molecular formula is C12H22N2O3. The average molecular weight is 242 g/mol. The van der Waals surface area contributed by atoms with Crippen LogP contribution in [0.5, 0.6) is 0 Å². The van der Waals surface area contributed by atoms with E-state index in [2.05, 4.69) is 17.6 Å². The molecule has 0 aromatic heterocycles. The summed E-state index contributed by atoms with van der Waals surface area (Å²) in [6.45, 7) is 3.45. The van der Waals surface area contributed by atoms with Gasteiger partial charge in [0.2, 0.25) is 0 Å². The van der Waals surface area contributed by atoms with Crippen molar-refractivity contribution in [1.29, 1.82) is 0 Å². The minimum Gasteiger partial charge on any atom is -0.481 e. The monoisotopic (exact) mass is 242 g/mol. The highest BCUT2D eigenvalue weighted by molar-refractivity contribution is 5.73. The van der Waals surface area contributed by atoms with Crippen molar-refractivity contribution >= 4 is 12.0 Å². The maximum Gasteiger partial charge on any atom is 0.314 e. The summed E-state index contributed by atoms with van der Waals surface area (Å²) in [6, 6.07) is -0.139. The van der Waals surface area contributed by atoms with Crippen LogP contribution in [0.4, 0.5) is 4.79 Å². The Bertz CT molecular complexity index is 275. The molecule has 3 N–H and O–H groups in total. The first-order valence-corrected chi connectivity index (χ1v) is 6.31. The molecular weight excluding hydrogens is 220 g/mol. The topological polar surface area (TPSA) is 78.4 Å². The van der Waals surface area contributed by atoms with Crippen molar-refractivity contribution in [2.75, 3.05) is 13.1 Å². The minimum atomic E-state index is -0.784. The van der Waals surface area contributed by atoms with Crippen LogP contribution in [0.2, 0.25) is 0 Å². The SMILES string of the molecule is CCC1(CNC(=O)NCCCCC(=O)O)CC1. The first-order chi connectivity index (χ1) is 8.08. The van der Waals surface area contributed by atoms with E-state index in [1.807, 2.05) is 0 Å². The van der Waals surface area contributed by atoms with Gasteiger partial charge in [0.15, 0.2) is 0 Å². The first-order valence-electron chi connectivity index (χ1n) is 6.31. The van der Waals surface area contributed by atoms with Gasteiger partial charge in [-0.3, -0.25) is 4.79 Å². The average Bonchev–Trinajstić information content (AvgIpc) is 3.06. The lowest BCUT2D eigenvalue weighted by Crippen LogP contribution is -2.39. The van der Waals surface area contributed by atoms with E-state index in [-0.39, 0.29) is 12.5 Å². The molecule has 0 aliphatic heterocycles. The number of carboxylic acid groups (broad SMARTS) is 1. The van der Waals surface area contributed by atoms with Gasteiger partial charge in [-0.05, 0) is 37.5 Å². The molecule has 2 amide bonds. The fourth-order valence-electron chi connectivity index (χ4n) is 1.77. The molecule has 0 aromatic rings. The van der Waals surface area contributed by atoms with E-state index in [0.717, 1.165) is 13.0 Å². The van der Waals surface area contributed by atoms with Crippen LogP contribution in [0, 0.1) is 5.41 Å². The summed E-state index contributed by atoms with van der Waals surface area (Å²) in [5.41, 5.74) is 0.362. The second-order valence-corrected chi connectivity index (χ2v) is 4.81. The number of hydrogen-bond acceptors (Lipinski definition) is 2. The third-order valence-corrected chi connectivity index (χ3v) is 3.43. The molecule has 0 aromatic carbocycles. The third kappa shape index (κ3) is 5.56. The van der Waals surface area contributed by atoms with Crippen LogP contribution in [-0.4, -0.2) is 30.2 Å². The van der Waals surface area contributed by atoms with Crippen LogP contribution < -0.4 is 10.6 Å². The summed E-state index contributed by atoms with van der Waals surface area (Å²) >= 11 is 0. The highest BCUT2D eigenvalue weighted by Gasteiger charge is 2.40. The molecule has 1 rings (SSSR count). The molecule has 1 aliphatic rings. The lowest BCUT2D eigenvalue weighted by molar-refractivity contribution is -0.137. The van der Waals surface area contributed by atoms with Gasteiger partial charge in [0.05, 0.1) is 0 Å². The molecule has 0 spiro atoms. The third-order valence-electron chi connectivity index (χ3n) is 3.43. The molecule has 1 saturated carbocycles. The molecule has 5 nitrogen and oxygen atoms in total. The molecule has 98 valence electrons. The predicted octanol–water partition coefficient (Wildman–Crippen LogP) is 1.73. The standard InChI is InChI=1S/C12H22N2O3/c1-2-12(6-7-12)9-14-11(17)13-8-4-3-5-10(15)16/h2-9H2,1H3,(H,15,16)(H2,13,14,17). The molecule has 1 fully saturated rings. The molecule has 5 heteroatoms. The Labute approximate surface area is 102 Å². The zero-order valence-corrected chi connectivity index (χ0v) is 10.4. The van der Waals surface area contributed by atoms with Gasteiger partial charge < -0.3 is 15.7 Å². The summed E-state index contributed by atoms with van der Waals surface area (Å²) in [6.07, 6.45) is 5.02. The number of carbonyl (C=O) groups is 2. The Morgan fingerprint density at radius 2 is 1.94 bits per heavy atom. The van der Waals surface area contributed by atoms with Gasteiger partial charge >= 0.3 is 12.0 Å². The summed E-state index contributed by atoms with van der Waals surface area (Å²) < 4.78 is 0. The van der Waals surface area contributed by atoms with E-state index in [0.29, 0.717) is 24.8 Å². The van der Waals surface area contributed by atoms with Crippen LogP contribution in [-0.2, 0) is 4.79 Å². The van der Waals surface area contributed by atoms with Gasteiger partial charge in [0.25, 0.3) is 0 Å². The number of urea groups is 1. The zero-order valence-electron chi connectivity index (χ0n) is 10.4. The Hall–Kier alpha value is -1.26. The number of nitrogens with one attached hydrogen (secondary N) is 2. The van der Waals surface area contributed by atoms with Gasteiger partial charge in [-0.2, -0.15) is 0 Å². The van der Waals surface area contributed by atoms with Crippen LogP contribution in [0.1, 0.15) is 45.4 Å². The van der Waals surface area contributed by atoms with Crippen molar-refractivity contribution in [1.82, 2.24) is 10.6 Å². The van der Waals surface area contributed by atoms with Crippen molar-refractivity contribution in [3.05, 3.63) is 0 Å². The molecule has 0 saturated heterocycles. The Morgan fingerprint density at radius 1 is 1.24 bits per heavy atom. The van der Waals surface area contributed by atoms with Gasteiger partial charge in [-0.1, -0.05) is 6.92 Å². The predicted molar refractivity (Wildman–Crippen MR) is 64.8 cm³/mol. The molecule has 0 unspecified atom stereocenters. The zero-order chi connectivity index (χ0) is 12.7. The van der Waals surface area contributed by atoms with Crippen LogP contribution >= 0.6 is 0 Å². The van der Waals surface area contributed by atoms with Gasteiger partial charge in [0, 0.05) is 19.5 Å². The van der Waals surface area contributed by atoms with Gasteiger partial charge in [0.1, 0.15) is 0 Å². The lowest BCUT2D eigenvalue weighted by Gasteiger charge is -2.13. The van der Waals surface area contributed by atoms with Crippen molar-refractivity contribution in [3.63, 3.8) is 0 Å². The van der Waals surface area contributed by atoms with Crippen molar-refractivity contribution in [2.24, 2.45) is 5.41 Å². The largest absolute Gasteiger partial charge is 0.481 e. The second kappa shape index (κ2) is 6.47. The molecule has 0 radical (unpaired) electrons. The highest BCUT2D eigenvalue weighted by atomic mass is 16.4. The number of carboxylic acids is 1. The lowest BCUT2D eigenvalue weighted by atomic mass is 10.0. The summed E-state index contributed by atoms with van der Waals surface area (Å²) in [7, 11) is 0. The fourth-order valence-corrected chi connectivity index (χ4v) is 1.77. The van der Waals surface area contributed by atoms with Crippen LogP contribution in [0.3, 0.4) is 0 Å². The van der Waals surface area contributed by atoms with E-state index in [9.17, 15) is 9.59 Å². The summed E-state index contributed by atoms with van der Waals surface area (Å²) in [5, 5.41) is 14.0. The number of hydrogen-bond donors (Lipinski definition) is 3. The smallest absolute Gasteiger partial charge is 0.314 e. The van der Waals surface area contributed by atoms with E-state index >= 15 is 0 Å². The quantitative estimate of drug-likeness (QED) is 0.567. The number of carbonyl (C=O) groups excluding carboxylic acids is 1. The van der Waals surface area contributed by atoms with E-state index in [1.54, 1.807) is 0 Å². The molecule has 0 bridgehead atoms. The van der Waals surface area contributed by atoms with E-state index in [4.69, 9.17) is 5.11 Å². The summed E-state index contributed by atoms with van der Waals surface area (Å²) in [4.78, 5) is 21.6. The number of rotatable bonds is 8. The van der Waals surface area contributed by atoms with E-state index < -0.39 is 5.97 Å². The van der Waals surface area contributed by atoms with Crippen LogP contribution in [0.25, 0.3) is 0 Å². The molecule has 0 heterocycles. The maximum atomic E-state index is 11.4. The fraction of sp³-hybridized carbons (Fsp3) is 0.833. The van der Waals surface area contributed by atoms with Crippen molar-refractivity contribution in [3.8, 4) is 0 Å². The molecule has 1 aliphatic carbocycles. The first kappa shape index (κ1) is 13.8. The molecule has 17 heavy (non-hydrogen) atoms. The maximum absolute atomic E-state index is 11.4. The normalized spacial score (nSPS) is 16.3. The highest BCUT2D eigenvalue weighted by Crippen LogP contribution is 2.47. The van der Waals surface area contributed by atoms with Crippen molar-refractivity contribution < 1.29 is 14.7 Å². The van der Waals surface area contributed by atoms with Crippen molar-refractivity contribution in [2.45, 2.75) is 45.4 Å². The Kier molecular flexibility index (Phi) is 5.25. The van der Waals surface area contributed by atoms with E-state index in [1.165, 1.54) is 12.8 Å². The van der Waals surface area contributed by atoms with Gasteiger partial charge in [-0.15, -0.1) is 0 Å². The number of unbranched alkanes of at least 4 members (excludes halogenated alkanes) is 1. The Balaban J connectivity index is 1.96. The van der Waals surface area contributed by atoms with Gasteiger partial charge in [-0.25, -0.2) is 4.79 Å². The van der Waals surface area contributed by atoms with Crippen LogP contribution in [0.15, 0.2) is 0 Å². The summed E-state index contributed by atoms with van der Waals surface area (Å²) in [5.74, 6) is -0.784. The molecule has 0 atom stereocenters. The number of amides is 2. The second-order valence-electron chi connectivity index (χ2n) is 4.81. The Morgan fingerprint density at radius 3 is 2.47 bits per heavy atom.